The summed E-state index contributed by atoms with van der Waals surface area (Å²) in [7, 11) is -17.1. The molecule has 2 aliphatic carbocycles. The van der Waals surface area contributed by atoms with Gasteiger partial charge < -0.3 is 35.0 Å². The standard InChI is InChI=1S/C14H17FN5O11P3/c1-3-13(15)9(20-5-19-8-11(16)17-4-18-12(8)20)6(2)7-10(14(7,13)21)29-33(25,26)31-34(27,28)30-32(22,23)24/h1,4-7,9-10,21H,2H3,(H,25,26)(H,27,28)(H2,16,17,18)(H2,22,23,24)/t6-,7-,9-,10?,13+,14+/m1/s1. The number of nitrogens with two attached hydrogens (primary N) is 1. The third kappa shape index (κ3) is 3.81. The molecule has 186 valence electrons. The van der Waals surface area contributed by atoms with Gasteiger partial charge in [0.2, 0.25) is 5.67 Å². The van der Waals surface area contributed by atoms with Crippen LogP contribution in [-0.4, -0.2) is 61.6 Å². The maximum atomic E-state index is 16.2. The number of alkyl halides is 1. The van der Waals surface area contributed by atoms with Crippen molar-refractivity contribution in [2.45, 2.75) is 30.3 Å². The van der Waals surface area contributed by atoms with E-state index in [0.29, 0.717) is 0 Å². The van der Waals surface area contributed by atoms with Crippen molar-refractivity contribution in [3.63, 3.8) is 0 Å². The Morgan fingerprint density at radius 1 is 1.18 bits per heavy atom. The Balaban J connectivity index is 1.63. The number of imidazole rings is 1. The van der Waals surface area contributed by atoms with Crippen LogP contribution in [0.2, 0.25) is 0 Å². The Labute approximate surface area is 189 Å². The maximum Gasteiger partial charge on any atom is 0.490 e. The fraction of sp³-hybridized carbons (Fsp3) is 0.500. The average Bonchev–Trinajstić information content (AvgIpc) is 2.97. The lowest BCUT2D eigenvalue weighted by Gasteiger charge is -2.33. The first-order valence-corrected chi connectivity index (χ1v) is 13.6. The molecule has 0 spiro atoms. The monoisotopic (exact) mass is 543 g/mol. The zero-order chi connectivity index (χ0) is 25.5. The Bertz CT molecular complexity index is 1360. The molecule has 0 radical (unpaired) electrons. The first kappa shape index (κ1) is 25.3. The van der Waals surface area contributed by atoms with Crippen LogP contribution in [0, 0.1) is 24.2 Å². The number of fused-ring (bicyclic) bond motifs is 2. The van der Waals surface area contributed by atoms with Crippen molar-refractivity contribution < 1.29 is 55.9 Å². The van der Waals surface area contributed by atoms with E-state index in [2.05, 4.69) is 28.1 Å². The summed E-state index contributed by atoms with van der Waals surface area (Å²) in [6.45, 7) is 1.45. The molecule has 7 N–H and O–H groups in total. The molecule has 34 heavy (non-hydrogen) atoms. The molecule has 2 aliphatic rings. The van der Waals surface area contributed by atoms with Gasteiger partial charge in [0.05, 0.1) is 12.4 Å². The summed E-state index contributed by atoms with van der Waals surface area (Å²) < 4.78 is 63.9. The van der Waals surface area contributed by atoms with Gasteiger partial charge in [0.15, 0.2) is 11.5 Å². The first-order chi connectivity index (χ1) is 15.5. The summed E-state index contributed by atoms with van der Waals surface area (Å²) in [5, 5.41) is 11.1. The lowest BCUT2D eigenvalue weighted by Crippen LogP contribution is -2.47. The zero-order valence-corrected chi connectivity index (χ0v) is 19.5. The van der Waals surface area contributed by atoms with Gasteiger partial charge in [-0.25, -0.2) is 33.0 Å². The van der Waals surface area contributed by atoms with E-state index in [4.69, 9.17) is 21.9 Å². The van der Waals surface area contributed by atoms with Crippen LogP contribution in [0.15, 0.2) is 12.7 Å². The number of nitrogen functional groups attached to an aromatic ring is 1. The lowest BCUT2D eigenvalue weighted by molar-refractivity contribution is -0.0377. The molecule has 8 atom stereocenters. The van der Waals surface area contributed by atoms with Crippen molar-refractivity contribution in [3.05, 3.63) is 12.7 Å². The van der Waals surface area contributed by atoms with E-state index in [0.717, 1.165) is 6.33 Å². The number of anilines is 1. The molecule has 0 amide bonds. The third-order valence-electron chi connectivity index (χ3n) is 5.77. The van der Waals surface area contributed by atoms with Crippen molar-refractivity contribution in [2.75, 3.05) is 5.73 Å². The highest BCUT2D eigenvalue weighted by molar-refractivity contribution is 7.66. The van der Waals surface area contributed by atoms with Crippen molar-refractivity contribution in [3.8, 4) is 12.3 Å². The molecule has 20 heteroatoms. The molecule has 2 aromatic heterocycles. The van der Waals surface area contributed by atoms with Crippen LogP contribution < -0.4 is 5.73 Å². The van der Waals surface area contributed by atoms with Gasteiger partial charge in [0.25, 0.3) is 0 Å². The number of rotatable bonds is 7. The molecule has 2 fully saturated rings. The van der Waals surface area contributed by atoms with Crippen LogP contribution in [0.3, 0.4) is 0 Å². The molecule has 2 saturated carbocycles. The summed E-state index contributed by atoms with van der Waals surface area (Å²) in [5.41, 5.74) is 0.499. The van der Waals surface area contributed by atoms with Crippen LogP contribution in [0.25, 0.3) is 11.2 Å². The van der Waals surface area contributed by atoms with Gasteiger partial charge in [-0.2, -0.15) is 8.62 Å². The predicted octanol–water partition coefficient (Wildman–Crippen LogP) is 0.0136. The van der Waals surface area contributed by atoms with Gasteiger partial charge in [-0.1, -0.05) is 12.8 Å². The second-order valence-corrected chi connectivity index (χ2v) is 12.1. The Kier molecular flexibility index (Phi) is 5.66. The van der Waals surface area contributed by atoms with Crippen molar-refractivity contribution >= 4 is 40.4 Å². The van der Waals surface area contributed by atoms with E-state index in [1.165, 1.54) is 17.8 Å². The van der Waals surface area contributed by atoms with E-state index in [1.54, 1.807) is 0 Å². The number of phosphoric ester groups is 1. The average molecular weight is 543 g/mol. The van der Waals surface area contributed by atoms with Crippen LogP contribution in [0.4, 0.5) is 10.2 Å². The molecule has 0 aromatic carbocycles. The van der Waals surface area contributed by atoms with E-state index in [1.807, 2.05) is 5.92 Å². The van der Waals surface area contributed by atoms with Crippen LogP contribution in [0.5, 0.6) is 0 Å². The number of aromatic nitrogens is 4. The van der Waals surface area contributed by atoms with Crippen molar-refractivity contribution in [1.82, 2.24) is 19.5 Å². The highest BCUT2D eigenvalue weighted by Gasteiger charge is 2.87. The van der Waals surface area contributed by atoms with E-state index < -0.39 is 58.7 Å². The maximum absolute atomic E-state index is 16.2. The molecule has 16 nitrogen and oxygen atoms in total. The molecule has 0 bridgehead atoms. The largest absolute Gasteiger partial charge is 0.490 e. The number of hydrogen-bond donors (Lipinski definition) is 6. The summed E-state index contributed by atoms with van der Waals surface area (Å²) >= 11 is 0. The second kappa shape index (κ2) is 7.60. The summed E-state index contributed by atoms with van der Waals surface area (Å²) in [6.07, 6.45) is 5.91. The number of halogens is 1. The summed E-state index contributed by atoms with van der Waals surface area (Å²) in [4.78, 5) is 48.1. The molecule has 3 unspecified atom stereocenters. The minimum atomic E-state index is -5.81. The number of nitrogens with zero attached hydrogens (tertiary/aromatic N) is 4. The van der Waals surface area contributed by atoms with E-state index >= 15 is 4.39 Å². The predicted molar refractivity (Wildman–Crippen MR) is 108 cm³/mol. The van der Waals surface area contributed by atoms with Gasteiger partial charge in [-0.15, -0.1) is 6.42 Å². The van der Waals surface area contributed by atoms with Gasteiger partial charge >= 0.3 is 23.5 Å². The molecule has 0 aliphatic heterocycles. The molecule has 0 saturated heterocycles. The minimum Gasteiger partial charge on any atom is -0.382 e. The SMILES string of the molecule is C#C[C@]1(F)[C@H](n2cnc3c(N)ncnc32)[C@H](C)[C@@H]2C(OP(=O)(O)OP(=O)(O)OP(=O)(O)O)[C@@]21O. The number of hydrogen-bond acceptors (Lipinski definition) is 11. The van der Waals surface area contributed by atoms with E-state index in [-0.39, 0.29) is 17.0 Å². The fourth-order valence-corrected chi connectivity index (χ4v) is 7.84. The zero-order valence-electron chi connectivity index (χ0n) is 16.8. The van der Waals surface area contributed by atoms with E-state index in [9.17, 15) is 28.6 Å². The number of terminal acetylenes is 1. The normalized spacial score (nSPS) is 36.4. The molecule has 4 rings (SSSR count). The Hall–Kier alpha value is -1.79. The Morgan fingerprint density at radius 3 is 2.41 bits per heavy atom. The van der Waals surface area contributed by atoms with Crippen LogP contribution >= 0.6 is 23.5 Å². The highest BCUT2D eigenvalue weighted by Crippen LogP contribution is 2.74. The van der Waals surface area contributed by atoms with Crippen LogP contribution in [0.1, 0.15) is 13.0 Å². The summed E-state index contributed by atoms with van der Waals surface area (Å²) in [6, 6.07) is -1.30. The smallest absolute Gasteiger partial charge is 0.382 e. The molecular formula is C14H17FN5O11P3. The fourth-order valence-electron chi connectivity index (χ4n) is 4.60. The van der Waals surface area contributed by atoms with Gasteiger partial charge in [0, 0.05) is 5.92 Å². The molecule has 2 aromatic rings. The van der Waals surface area contributed by atoms with Gasteiger partial charge in [0.1, 0.15) is 23.5 Å². The van der Waals surface area contributed by atoms with Crippen molar-refractivity contribution in [2.24, 2.45) is 11.8 Å². The van der Waals surface area contributed by atoms with Gasteiger partial charge in [-0.05, 0) is 5.92 Å². The number of aliphatic hydroxyl groups is 1. The van der Waals surface area contributed by atoms with Crippen molar-refractivity contribution in [1.29, 1.82) is 0 Å². The highest BCUT2D eigenvalue weighted by atomic mass is 31.3. The quantitative estimate of drug-likeness (QED) is 0.199. The van der Waals surface area contributed by atoms with Crippen LogP contribution in [-0.2, 0) is 26.8 Å². The first-order valence-electron chi connectivity index (χ1n) is 9.12. The summed E-state index contributed by atoms with van der Waals surface area (Å²) in [5.74, 6) is -0.254. The topological polar surface area (TPSA) is 250 Å². The third-order valence-corrected chi connectivity index (χ3v) is 9.59. The Morgan fingerprint density at radius 2 is 1.82 bits per heavy atom. The lowest BCUT2D eigenvalue weighted by atomic mass is 9.88. The second-order valence-electron chi connectivity index (χ2n) is 7.71. The molecule has 2 heterocycles. The van der Waals surface area contributed by atoms with Gasteiger partial charge in [-0.3, -0.25) is 4.52 Å². The minimum absolute atomic E-state index is 0.00831. The number of phosphoric acid groups is 3. The molecular weight excluding hydrogens is 526 g/mol.